The molecule has 0 amide bonds. The number of rotatable bonds is 8. The van der Waals surface area contributed by atoms with Gasteiger partial charge in [-0.1, -0.05) is 72.8 Å². The van der Waals surface area contributed by atoms with Gasteiger partial charge in [-0.2, -0.15) is 0 Å². The Morgan fingerprint density at radius 3 is 0.681 bits per heavy atom. The summed E-state index contributed by atoms with van der Waals surface area (Å²) < 4.78 is 0. The zero-order valence-corrected chi connectivity index (χ0v) is 38.8. The van der Waals surface area contributed by atoms with Crippen LogP contribution in [0.3, 0.4) is 0 Å². The first-order valence-electron chi connectivity index (χ1n) is 23.9. The molecule has 7 aromatic heterocycles. The fourth-order valence-electron chi connectivity index (χ4n) is 10.0. The number of aromatic amines is 2. The zero-order valence-electron chi connectivity index (χ0n) is 38.8. The summed E-state index contributed by atoms with van der Waals surface area (Å²) in [5.41, 5.74) is 23.7. The molecule has 13 rings (SSSR count). The maximum Gasteiger partial charge on any atom is 0.0737 e. The summed E-state index contributed by atoms with van der Waals surface area (Å²) in [6.45, 7) is 0. The number of hydrogen-bond acceptors (Lipinski definition) is 6. The largest absolute Gasteiger partial charge is 0.354 e. The summed E-state index contributed by atoms with van der Waals surface area (Å²) in [6, 6.07) is 59.7. The first-order valence-corrected chi connectivity index (χ1v) is 23.9. The Morgan fingerprint density at radius 2 is 0.444 bits per heavy atom. The summed E-state index contributed by atoms with van der Waals surface area (Å²) >= 11 is 0. The van der Waals surface area contributed by atoms with E-state index >= 15 is 0 Å². The number of hydrogen-bond donors (Lipinski definition) is 2. The summed E-state index contributed by atoms with van der Waals surface area (Å²) in [7, 11) is 0. The van der Waals surface area contributed by atoms with Gasteiger partial charge in [0.1, 0.15) is 0 Å². The Kier molecular flexibility index (Phi) is 10.7. The van der Waals surface area contributed by atoms with Gasteiger partial charge in [0.2, 0.25) is 0 Å². The predicted molar refractivity (Wildman–Crippen MR) is 294 cm³/mol. The molecule has 11 aromatic rings. The van der Waals surface area contributed by atoms with Crippen molar-refractivity contribution >= 4 is 46.4 Å². The van der Waals surface area contributed by atoms with Gasteiger partial charge in [0, 0.05) is 93.9 Å². The van der Waals surface area contributed by atoms with Crippen LogP contribution in [0.4, 0.5) is 0 Å². The molecule has 0 fully saturated rings. The molecule has 8 bridgehead atoms. The Labute approximate surface area is 415 Å². The number of benzene rings is 4. The maximum absolute atomic E-state index is 5.61. The highest BCUT2D eigenvalue weighted by Crippen LogP contribution is 2.41. The van der Waals surface area contributed by atoms with Crippen LogP contribution in [0.25, 0.3) is 135 Å². The monoisotopic (exact) mass is 922 g/mol. The normalized spacial score (nSPS) is 11.8. The van der Waals surface area contributed by atoms with E-state index in [9.17, 15) is 0 Å². The third-order valence-electron chi connectivity index (χ3n) is 13.4. The molecule has 2 N–H and O–H groups in total. The zero-order chi connectivity index (χ0) is 47.8. The molecular weight excluding hydrogens is 881 g/mol. The fourth-order valence-corrected chi connectivity index (χ4v) is 10.0. The minimum Gasteiger partial charge on any atom is -0.354 e. The second-order valence-electron chi connectivity index (χ2n) is 17.8. The van der Waals surface area contributed by atoms with Gasteiger partial charge >= 0.3 is 0 Å². The topological polar surface area (TPSA) is 109 Å². The number of fused-ring (bicyclic) bond motifs is 8. The Morgan fingerprint density at radius 1 is 0.222 bits per heavy atom. The summed E-state index contributed by atoms with van der Waals surface area (Å²) in [6.07, 6.45) is 23.3. The summed E-state index contributed by atoms with van der Waals surface area (Å²) in [5, 5.41) is 0. The van der Waals surface area contributed by atoms with Crippen molar-refractivity contribution in [3.63, 3.8) is 0 Å². The van der Waals surface area contributed by atoms with Crippen molar-refractivity contribution in [2.24, 2.45) is 0 Å². The Bertz CT molecular complexity index is 3560. The second kappa shape index (κ2) is 18.2. The highest BCUT2D eigenvalue weighted by atomic mass is 14.8. The molecule has 0 saturated carbocycles. The lowest BCUT2D eigenvalue weighted by molar-refractivity contribution is 1.31. The molecule has 8 nitrogen and oxygen atoms in total. The number of aromatic nitrogens is 8. The van der Waals surface area contributed by atoms with Gasteiger partial charge < -0.3 is 9.97 Å². The van der Waals surface area contributed by atoms with Gasteiger partial charge in [0.25, 0.3) is 0 Å². The molecule has 338 valence electrons. The van der Waals surface area contributed by atoms with Crippen molar-refractivity contribution in [3.05, 3.63) is 242 Å². The smallest absolute Gasteiger partial charge is 0.0737 e. The molecule has 9 heterocycles. The molecule has 2 aliphatic heterocycles. The SMILES string of the molecule is C1=Cc2nc1c(-c1cccc(-c3ccncc3)c1)c1ccc([nH]1)c(-c1cccc(-c3ccncc3)c1)c1nc(c(-c3cccc(-c4ccncc4)c3)c3ccc([nH]3)c2-c2cccc(-c3ccncc3)c2)C=C1. The minimum absolute atomic E-state index is 0.835. The summed E-state index contributed by atoms with van der Waals surface area (Å²) in [4.78, 5) is 36.3. The molecule has 4 aromatic carbocycles. The molecule has 8 heteroatoms. The third-order valence-corrected chi connectivity index (χ3v) is 13.4. The van der Waals surface area contributed by atoms with E-state index in [-0.39, 0.29) is 0 Å². The van der Waals surface area contributed by atoms with Crippen LogP contribution in [0.2, 0.25) is 0 Å². The molecule has 0 radical (unpaired) electrons. The molecular formula is C64H42N8. The van der Waals surface area contributed by atoms with Crippen LogP contribution in [0.15, 0.2) is 219 Å². The maximum atomic E-state index is 5.61. The predicted octanol–water partition coefficient (Wildman–Crippen LogP) is 15.6. The minimum atomic E-state index is 0.835. The van der Waals surface area contributed by atoms with Gasteiger partial charge in [-0.15, -0.1) is 0 Å². The van der Waals surface area contributed by atoms with Crippen molar-refractivity contribution in [3.8, 4) is 89.0 Å². The van der Waals surface area contributed by atoms with Crippen LogP contribution in [-0.2, 0) is 0 Å². The Hall–Kier alpha value is -9.92. The van der Waals surface area contributed by atoms with Crippen molar-refractivity contribution in [2.45, 2.75) is 0 Å². The van der Waals surface area contributed by atoms with Crippen LogP contribution in [-0.4, -0.2) is 39.9 Å². The standard InChI is InChI=1S/C64H42N8/c1-5-45(41-21-29-65-30-22-41)37-49(9-1)61-53-13-15-55(69-53)62(50-10-2-6-46(38-50)42-23-31-66-32-24-42)57-17-19-59(71-57)64(52-12-4-8-48(40-52)44-27-35-68-36-28-44)60-20-18-58(72-60)63(56-16-14-54(61)70-56)51-11-3-7-47(39-51)43-25-33-67-34-26-43/h1-40,69,72H. The van der Waals surface area contributed by atoms with Gasteiger partial charge in [0.15, 0.2) is 0 Å². The van der Waals surface area contributed by atoms with E-state index in [0.29, 0.717) is 0 Å². The summed E-state index contributed by atoms with van der Waals surface area (Å²) in [5.74, 6) is 0. The van der Waals surface area contributed by atoms with E-state index < -0.39 is 0 Å². The number of nitrogens with one attached hydrogen (secondary N) is 2. The quantitative estimate of drug-likeness (QED) is 0.157. The number of H-pyrrole nitrogens is 2. The highest BCUT2D eigenvalue weighted by molar-refractivity contribution is 6.01. The average Bonchev–Trinajstić information content (AvgIpc) is 4.31. The molecule has 2 aliphatic rings. The average molecular weight is 923 g/mol. The van der Waals surface area contributed by atoms with E-state index in [1.54, 1.807) is 0 Å². The molecule has 0 spiro atoms. The number of pyridine rings is 4. The Balaban J connectivity index is 1.15. The van der Waals surface area contributed by atoms with Crippen LogP contribution in [0, 0.1) is 0 Å². The van der Waals surface area contributed by atoms with E-state index in [0.717, 1.165) is 134 Å². The third kappa shape index (κ3) is 7.98. The lowest BCUT2D eigenvalue weighted by Gasteiger charge is -2.10. The van der Waals surface area contributed by atoms with Crippen molar-refractivity contribution < 1.29 is 0 Å². The van der Waals surface area contributed by atoms with Crippen LogP contribution in [0.1, 0.15) is 22.8 Å². The van der Waals surface area contributed by atoms with Gasteiger partial charge in [-0.3, -0.25) is 19.9 Å². The van der Waals surface area contributed by atoms with Gasteiger partial charge in [0.05, 0.1) is 22.8 Å². The van der Waals surface area contributed by atoms with E-state index in [1.807, 2.05) is 98.1 Å². The fraction of sp³-hybridized carbons (Fsp3) is 0. The van der Waals surface area contributed by atoms with Gasteiger partial charge in [-0.05, 0) is 188 Å². The molecule has 0 aliphatic carbocycles. The lowest BCUT2D eigenvalue weighted by Crippen LogP contribution is -1.91. The van der Waals surface area contributed by atoms with Crippen LogP contribution >= 0.6 is 0 Å². The molecule has 0 unspecified atom stereocenters. The second-order valence-corrected chi connectivity index (χ2v) is 17.8. The van der Waals surface area contributed by atoms with E-state index in [2.05, 4.69) is 176 Å². The molecule has 0 atom stereocenters. The first kappa shape index (κ1) is 42.2. The van der Waals surface area contributed by atoms with Crippen molar-refractivity contribution in [1.82, 2.24) is 39.9 Å². The first-order chi connectivity index (χ1) is 35.7. The van der Waals surface area contributed by atoms with E-state index in [4.69, 9.17) is 9.97 Å². The van der Waals surface area contributed by atoms with Crippen LogP contribution < -0.4 is 0 Å². The van der Waals surface area contributed by atoms with Crippen molar-refractivity contribution in [2.75, 3.05) is 0 Å². The van der Waals surface area contributed by atoms with Crippen molar-refractivity contribution in [1.29, 1.82) is 0 Å². The van der Waals surface area contributed by atoms with Gasteiger partial charge in [-0.25, -0.2) is 9.97 Å². The molecule has 72 heavy (non-hydrogen) atoms. The highest BCUT2D eigenvalue weighted by Gasteiger charge is 2.20. The lowest BCUT2D eigenvalue weighted by atomic mass is 9.98. The molecule has 0 saturated heterocycles. The van der Waals surface area contributed by atoms with E-state index in [1.165, 1.54) is 0 Å². The number of nitrogens with zero attached hydrogens (tertiary/aromatic N) is 6. The van der Waals surface area contributed by atoms with Crippen LogP contribution in [0.5, 0.6) is 0 Å².